The van der Waals surface area contributed by atoms with E-state index in [2.05, 4.69) is 15.4 Å². The predicted octanol–water partition coefficient (Wildman–Crippen LogP) is 5.10. The number of amides is 2. The van der Waals surface area contributed by atoms with Crippen LogP contribution in [0.5, 0.6) is 0 Å². The Bertz CT molecular complexity index is 839. The van der Waals surface area contributed by atoms with Crippen LogP contribution in [-0.4, -0.2) is 30.7 Å². The molecule has 0 aliphatic carbocycles. The van der Waals surface area contributed by atoms with Gasteiger partial charge in [0.1, 0.15) is 5.60 Å². The zero-order valence-electron chi connectivity index (χ0n) is 17.7. The molecule has 0 aliphatic heterocycles. The van der Waals surface area contributed by atoms with Crippen molar-refractivity contribution in [2.45, 2.75) is 40.2 Å². The molecule has 156 valence electrons. The molecular weight excluding hydrogens is 372 g/mol. The molecule has 0 unspecified atom stereocenters. The van der Waals surface area contributed by atoms with Gasteiger partial charge in [-0.25, -0.2) is 9.59 Å². The third-order valence-corrected chi connectivity index (χ3v) is 3.38. The Kier molecular flexibility index (Phi) is 8.86. The van der Waals surface area contributed by atoms with Crippen LogP contribution in [0.2, 0.25) is 0 Å². The molecule has 2 N–H and O–H groups in total. The molecule has 29 heavy (non-hydrogen) atoms. The molecule has 0 saturated carbocycles. The molecule has 0 radical (unpaired) electrons. The van der Waals surface area contributed by atoms with E-state index in [0.717, 1.165) is 0 Å². The molecule has 2 aromatic carbocycles. The van der Waals surface area contributed by atoms with E-state index in [-0.39, 0.29) is 5.91 Å². The number of methoxy groups -OCH3 is 1. The Hall–Kier alpha value is -3.35. The van der Waals surface area contributed by atoms with Gasteiger partial charge in [-0.05, 0) is 57.2 Å². The lowest BCUT2D eigenvalue weighted by molar-refractivity contribution is 0.0598. The van der Waals surface area contributed by atoms with Gasteiger partial charge in [-0.15, -0.1) is 0 Å². The standard InChI is InChI=1S/C20H22N2O5.C2H6/c1-20(2,3)27-19(25)22-16-8-6-5-7-15(16)21-17(23)13-9-11-14(12-10-13)18(24)26-4;1-2/h5-12H,1-4H3,(H,21,23)(H,22,25);1-2H3. The quantitative estimate of drug-likeness (QED) is 0.697. The molecule has 7 nitrogen and oxygen atoms in total. The topological polar surface area (TPSA) is 93.7 Å². The smallest absolute Gasteiger partial charge is 0.412 e. The summed E-state index contributed by atoms with van der Waals surface area (Å²) in [6.45, 7) is 9.29. The van der Waals surface area contributed by atoms with Crippen molar-refractivity contribution >= 4 is 29.3 Å². The van der Waals surface area contributed by atoms with Gasteiger partial charge >= 0.3 is 12.1 Å². The minimum atomic E-state index is -0.635. The van der Waals surface area contributed by atoms with Crippen LogP contribution in [0, 0.1) is 0 Å². The van der Waals surface area contributed by atoms with Crippen molar-refractivity contribution in [1.29, 1.82) is 0 Å². The predicted molar refractivity (Wildman–Crippen MR) is 113 cm³/mol. The van der Waals surface area contributed by atoms with E-state index in [1.54, 1.807) is 45.0 Å². The summed E-state index contributed by atoms with van der Waals surface area (Å²) in [6, 6.07) is 12.8. The van der Waals surface area contributed by atoms with Gasteiger partial charge in [0.25, 0.3) is 5.91 Å². The number of nitrogens with one attached hydrogen (secondary N) is 2. The Labute approximate surface area is 171 Å². The van der Waals surface area contributed by atoms with Gasteiger partial charge in [-0.1, -0.05) is 26.0 Å². The first-order valence-electron chi connectivity index (χ1n) is 9.28. The van der Waals surface area contributed by atoms with Gasteiger partial charge in [0, 0.05) is 5.56 Å². The zero-order valence-corrected chi connectivity index (χ0v) is 17.7. The second kappa shape index (κ2) is 10.8. The number of esters is 1. The molecule has 7 heteroatoms. The molecule has 0 aromatic heterocycles. The highest BCUT2D eigenvalue weighted by atomic mass is 16.6. The Balaban J connectivity index is 0.00000204. The van der Waals surface area contributed by atoms with Crippen LogP contribution in [-0.2, 0) is 9.47 Å². The fraction of sp³-hybridized carbons (Fsp3) is 0.318. The third-order valence-electron chi connectivity index (χ3n) is 3.38. The van der Waals surface area contributed by atoms with E-state index in [0.29, 0.717) is 22.5 Å². The maximum Gasteiger partial charge on any atom is 0.412 e. The first-order chi connectivity index (χ1) is 13.7. The summed E-state index contributed by atoms with van der Waals surface area (Å²) >= 11 is 0. The van der Waals surface area contributed by atoms with E-state index in [9.17, 15) is 14.4 Å². The van der Waals surface area contributed by atoms with Crippen LogP contribution < -0.4 is 10.6 Å². The van der Waals surface area contributed by atoms with Gasteiger partial charge in [0.05, 0.1) is 24.0 Å². The summed E-state index contributed by atoms with van der Waals surface area (Å²) in [5, 5.41) is 5.35. The monoisotopic (exact) mass is 400 g/mol. The fourth-order valence-electron chi connectivity index (χ4n) is 2.18. The molecule has 0 saturated heterocycles. The maximum atomic E-state index is 12.5. The van der Waals surface area contributed by atoms with Crippen molar-refractivity contribution < 1.29 is 23.9 Å². The summed E-state index contributed by atoms with van der Waals surface area (Å²) in [4.78, 5) is 35.9. The van der Waals surface area contributed by atoms with Gasteiger partial charge in [-0.2, -0.15) is 0 Å². The summed E-state index contributed by atoms with van der Waals surface area (Å²) in [6.07, 6.45) is -0.619. The maximum absolute atomic E-state index is 12.5. The van der Waals surface area contributed by atoms with Crippen molar-refractivity contribution in [2.75, 3.05) is 17.7 Å². The summed E-state index contributed by atoms with van der Waals surface area (Å²) in [5.74, 6) is -0.862. The van der Waals surface area contributed by atoms with Crippen LogP contribution in [0.25, 0.3) is 0 Å². The van der Waals surface area contributed by atoms with Crippen LogP contribution in [0.3, 0.4) is 0 Å². The van der Waals surface area contributed by atoms with Crippen LogP contribution in [0.15, 0.2) is 48.5 Å². The first-order valence-corrected chi connectivity index (χ1v) is 9.28. The minimum Gasteiger partial charge on any atom is -0.465 e. The number of anilines is 2. The molecule has 0 heterocycles. The largest absolute Gasteiger partial charge is 0.465 e. The van der Waals surface area contributed by atoms with E-state index >= 15 is 0 Å². The summed E-state index contributed by atoms with van der Waals surface area (Å²) in [7, 11) is 1.29. The van der Waals surface area contributed by atoms with E-state index < -0.39 is 17.7 Å². The van der Waals surface area contributed by atoms with Crippen molar-refractivity contribution in [3.05, 3.63) is 59.7 Å². The molecule has 2 amide bonds. The number of rotatable bonds is 4. The van der Waals surface area contributed by atoms with Gasteiger partial charge in [0.15, 0.2) is 0 Å². The second-order valence-corrected chi connectivity index (χ2v) is 6.70. The van der Waals surface area contributed by atoms with E-state index in [1.165, 1.54) is 31.4 Å². The lowest BCUT2D eigenvalue weighted by atomic mass is 10.1. The molecule has 0 atom stereocenters. The number of carbonyl (C=O) groups is 3. The number of para-hydroxylation sites is 2. The molecule has 2 rings (SSSR count). The highest BCUT2D eigenvalue weighted by molar-refractivity contribution is 6.07. The number of benzene rings is 2. The molecule has 0 bridgehead atoms. The average molecular weight is 400 g/mol. The minimum absolute atomic E-state index is 0.348. The molecule has 2 aromatic rings. The average Bonchev–Trinajstić information content (AvgIpc) is 2.69. The number of hydrogen-bond donors (Lipinski definition) is 2. The van der Waals surface area contributed by atoms with E-state index in [1.807, 2.05) is 13.8 Å². The molecule has 0 fully saturated rings. The highest BCUT2D eigenvalue weighted by Gasteiger charge is 2.18. The van der Waals surface area contributed by atoms with E-state index in [4.69, 9.17) is 4.74 Å². The lowest BCUT2D eigenvalue weighted by Gasteiger charge is -2.20. The van der Waals surface area contributed by atoms with Gasteiger partial charge in [0.2, 0.25) is 0 Å². The van der Waals surface area contributed by atoms with Crippen molar-refractivity contribution in [1.82, 2.24) is 0 Å². The van der Waals surface area contributed by atoms with Crippen LogP contribution >= 0.6 is 0 Å². The second-order valence-electron chi connectivity index (χ2n) is 6.70. The zero-order chi connectivity index (χ0) is 22.0. The molecule has 0 spiro atoms. The molecular formula is C22H28N2O5. The van der Waals surface area contributed by atoms with Crippen LogP contribution in [0.4, 0.5) is 16.2 Å². The van der Waals surface area contributed by atoms with Crippen molar-refractivity contribution in [3.8, 4) is 0 Å². The normalized spacial score (nSPS) is 10.1. The van der Waals surface area contributed by atoms with Crippen molar-refractivity contribution in [2.24, 2.45) is 0 Å². The molecule has 0 aliphatic rings. The SMILES string of the molecule is CC.COC(=O)c1ccc(C(=O)Nc2ccccc2NC(=O)OC(C)(C)C)cc1. The Morgan fingerprint density at radius 1 is 0.793 bits per heavy atom. The number of ether oxygens (including phenoxy) is 2. The summed E-state index contributed by atoms with van der Waals surface area (Å²) < 4.78 is 9.85. The van der Waals surface area contributed by atoms with Gasteiger partial charge in [-0.3, -0.25) is 10.1 Å². The third kappa shape index (κ3) is 7.65. The van der Waals surface area contributed by atoms with Gasteiger partial charge < -0.3 is 14.8 Å². The van der Waals surface area contributed by atoms with Crippen molar-refractivity contribution in [3.63, 3.8) is 0 Å². The van der Waals surface area contributed by atoms with Crippen LogP contribution in [0.1, 0.15) is 55.3 Å². The fourth-order valence-corrected chi connectivity index (χ4v) is 2.18. The number of carbonyl (C=O) groups excluding carboxylic acids is 3. The lowest BCUT2D eigenvalue weighted by Crippen LogP contribution is -2.27. The summed E-state index contributed by atoms with van der Waals surface area (Å²) in [5.41, 5.74) is 0.899. The number of hydrogen-bond acceptors (Lipinski definition) is 5. The first kappa shape index (κ1) is 23.7. The Morgan fingerprint density at radius 2 is 1.28 bits per heavy atom. The highest BCUT2D eigenvalue weighted by Crippen LogP contribution is 2.23. The Morgan fingerprint density at radius 3 is 1.76 bits per heavy atom.